The van der Waals surface area contributed by atoms with E-state index in [1.54, 1.807) is 42.5 Å². The van der Waals surface area contributed by atoms with E-state index in [2.05, 4.69) is 0 Å². The number of hydrogen-bond acceptors (Lipinski definition) is 3. The lowest BCUT2D eigenvalue weighted by molar-refractivity contribution is 0.306. The molecule has 0 amide bonds. The average Bonchev–Trinajstić information content (AvgIpc) is 2.46. The third kappa shape index (κ3) is 3.42. The summed E-state index contributed by atoms with van der Waals surface area (Å²) in [7, 11) is 0. The summed E-state index contributed by atoms with van der Waals surface area (Å²) in [6.45, 7) is 0.370. The van der Waals surface area contributed by atoms with Gasteiger partial charge in [0, 0.05) is 11.1 Å². The topological polar surface area (TPSA) is 76.2 Å². The molecule has 1 radical (unpaired) electrons. The predicted octanol–water partition coefficient (Wildman–Crippen LogP) is 2.01. The lowest BCUT2D eigenvalue weighted by atomic mass is 10.1. The van der Waals surface area contributed by atoms with Gasteiger partial charge in [0.25, 0.3) is 0 Å². The number of nitrogen functional groups attached to an aromatic ring is 1. The van der Waals surface area contributed by atoms with Gasteiger partial charge >= 0.3 is 0 Å². The van der Waals surface area contributed by atoms with Gasteiger partial charge in [-0.25, -0.2) is 0 Å². The van der Waals surface area contributed by atoms with Gasteiger partial charge in [0.05, 0.1) is 0 Å². The highest BCUT2D eigenvalue weighted by molar-refractivity contribution is 5.94. The number of ether oxygens (including phenoxy) is 1. The lowest BCUT2D eigenvalue weighted by Crippen LogP contribution is -2.10. The zero-order valence-corrected chi connectivity index (χ0v) is 10.2. The van der Waals surface area contributed by atoms with E-state index in [4.69, 9.17) is 15.9 Å². The standard InChI is InChI=1S/C15H13N2O2/c16-15(17)13-4-6-14(7-5-13)19-10-12-3-1-2-11(8-12)9-18/h1-8H,10H2,(H3,16,17). The van der Waals surface area contributed by atoms with E-state index < -0.39 is 0 Å². The summed E-state index contributed by atoms with van der Waals surface area (Å²) < 4.78 is 5.59. The summed E-state index contributed by atoms with van der Waals surface area (Å²) in [5, 5.41) is 7.29. The molecule has 0 aliphatic heterocycles. The smallest absolute Gasteiger partial charge is 0.233 e. The molecule has 0 aliphatic rings. The Hall–Kier alpha value is -2.62. The highest BCUT2D eigenvalue weighted by Gasteiger charge is 2.00. The second kappa shape index (κ2) is 5.82. The van der Waals surface area contributed by atoms with Gasteiger partial charge in [0.15, 0.2) is 0 Å². The molecule has 2 rings (SSSR count). The van der Waals surface area contributed by atoms with E-state index >= 15 is 0 Å². The highest BCUT2D eigenvalue weighted by atomic mass is 16.5. The van der Waals surface area contributed by atoms with Gasteiger partial charge in [0.2, 0.25) is 6.29 Å². The van der Waals surface area contributed by atoms with Crippen molar-refractivity contribution in [3.8, 4) is 5.75 Å². The van der Waals surface area contributed by atoms with E-state index in [0.29, 0.717) is 23.5 Å². The van der Waals surface area contributed by atoms with Crippen LogP contribution in [0.5, 0.6) is 5.75 Å². The van der Waals surface area contributed by atoms with Crippen LogP contribution in [0.3, 0.4) is 0 Å². The van der Waals surface area contributed by atoms with Crippen molar-refractivity contribution in [3.63, 3.8) is 0 Å². The predicted molar refractivity (Wildman–Crippen MR) is 73.0 cm³/mol. The number of hydrogen-bond donors (Lipinski definition) is 2. The molecule has 0 saturated carbocycles. The minimum atomic E-state index is 0.0285. The van der Waals surface area contributed by atoms with Gasteiger partial charge in [0.1, 0.15) is 18.2 Å². The monoisotopic (exact) mass is 253 g/mol. The molecule has 3 N–H and O–H groups in total. The first kappa shape index (κ1) is 12.8. The number of amidine groups is 1. The number of nitrogens with two attached hydrogens (primary N) is 1. The van der Waals surface area contributed by atoms with Crippen LogP contribution >= 0.6 is 0 Å². The third-order valence-electron chi connectivity index (χ3n) is 2.62. The first-order chi connectivity index (χ1) is 9.19. The van der Waals surface area contributed by atoms with Gasteiger partial charge < -0.3 is 10.5 Å². The SMILES string of the molecule is N=C(N)c1ccc(OCc2cccc([C]=O)c2)cc1. The van der Waals surface area contributed by atoms with E-state index in [1.807, 2.05) is 12.4 Å². The molecule has 4 nitrogen and oxygen atoms in total. The van der Waals surface area contributed by atoms with Gasteiger partial charge in [-0.2, -0.15) is 0 Å². The van der Waals surface area contributed by atoms with Crippen molar-refractivity contribution >= 4 is 12.1 Å². The van der Waals surface area contributed by atoms with E-state index in [-0.39, 0.29) is 5.84 Å². The van der Waals surface area contributed by atoms with Crippen LogP contribution in [0.2, 0.25) is 0 Å². The summed E-state index contributed by atoms with van der Waals surface area (Å²) in [6, 6.07) is 14.1. The van der Waals surface area contributed by atoms with Crippen molar-refractivity contribution in [3.05, 3.63) is 65.2 Å². The molecule has 0 unspecified atom stereocenters. The molecule has 0 aliphatic carbocycles. The normalized spacial score (nSPS) is 9.89. The van der Waals surface area contributed by atoms with Crippen molar-refractivity contribution in [2.24, 2.45) is 5.73 Å². The maximum absolute atomic E-state index is 10.5. The fourth-order valence-electron chi connectivity index (χ4n) is 1.62. The number of carbonyl (C=O) groups excluding carboxylic acids is 1. The van der Waals surface area contributed by atoms with E-state index in [9.17, 15) is 4.79 Å². The van der Waals surface area contributed by atoms with E-state index in [0.717, 1.165) is 5.56 Å². The molecule has 2 aromatic rings. The van der Waals surface area contributed by atoms with E-state index in [1.165, 1.54) is 0 Å². The van der Waals surface area contributed by atoms with Crippen LogP contribution in [0.15, 0.2) is 48.5 Å². The lowest BCUT2D eigenvalue weighted by Gasteiger charge is -2.07. The molecule has 95 valence electrons. The van der Waals surface area contributed by atoms with Crippen LogP contribution in [0.1, 0.15) is 16.7 Å². The van der Waals surface area contributed by atoms with Crippen LogP contribution in [0, 0.1) is 5.41 Å². The summed E-state index contributed by atoms with van der Waals surface area (Å²) in [5.41, 5.74) is 7.43. The molecule has 0 spiro atoms. The first-order valence-corrected chi connectivity index (χ1v) is 5.73. The first-order valence-electron chi connectivity index (χ1n) is 5.73. The quantitative estimate of drug-likeness (QED) is 0.632. The maximum Gasteiger partial charge on any atom is 0.233 e. The largest absolute Gasteiger partial charge is 0.489 e. The second-order valence-electron chi connectivity index (χ2n) is 4.03. The number of rotatable bonds is 5. The molecule has 19 heavy (non-hydrogen) atoms. The molecule has 0 saturated heterocycles. The number of benzene rings is 2. The Balaban J connectivity index is 2.01. The van der Waals surface area contributed by atoms with Crippen molar-refractivity contribution in [2.75, 3.05) is 0 Å². The summed E-state index contributed by atoms with van der Waals surface area (Å²) in [4.78, 5) is 10.5. The van der Waals surface area contributed by atoms with Crippen LogP contribution in [0.25, 0.3) is 0 Å². The summed E-state index contributed by atoms with van der Waals surface area (Å²) in [5.74, 6) is 0.714. The van der Waals surface area contributed by atoms with Crippen LogP contribution in [-0.4, -0.2) is 12.1 Å². The fraction of sp³-hybridized carbons (Fsp3) is 0.0667. The van der Waals surface area contributed by atoms with Gasteiger partial charge in [-0.15, -0.1) is 0 Å². The molecule has 0 bridgehead atoms. The maximum atomic E-state index is 10.5. The average molecular weight is 253 g/mol. The molecule has 0 aromatic heterocycles. The molecule has 4 heteroatoms. The molecule has 0 fully saturated rings. The molecule has 2 aromatic carbocycles. The zero-order chi connectivity index (χ0) is 13.7. The molecular weight excluding hydrogens is 240 g/mol. The minimum Gasteiger partial charge on any atom is -0.489 e. The minimum absolute atomic E-state index is 0.0285. The van der Waals surface area contributed by atoms with Crippen LogP contribution in [0.4, 0.5) is 0 Å². The highest BCUT2D eigenvalue weighted by Crippen LogP contribution is 2.14. The Labute approximate surface area is 111 Å². The third-order valence-corrected chi connectivity index (χ3v) is 2.62. The van der Waals surface area contributed by atoms with Crippen molar-refractivity contribution in [2.45, 2.75) is 6.61 Å². The Morgan fingerprint density at radius 3 is 2.58 bits per heavy atom. The van der Waals surface area contributed by atoms with Crippen molar-refractivity contribution in [1.82, 2.24) is 0 Å². The van der Waals surface area contributed by atoms with Gasteiger partial charge in [-0.05, 0) is 35.9 Å². The second-order valence-corrected chi connectivity index (χ2v) is 4.03. The Bertz CT molecular complexity index is 591. The Morgan fingerprint density at radius 1 is 1.21 bits per heavy atom. The van der Waals surface area contributed by atoms with Gasteiger partial charge in [-0.1, -0.05) is 18.2 Å². The van der Waals surface area contributed by atoms with Crippen LogP contribution in [-0.2, 0) is 11.4 Å². The molecular formula is C15H13N2O2. The van der Waals surface area contributed by atoms with Gasteiger partial charge in [-0.3, -0.25) is 10.2 Å². The molecule has 0 heterocycles. The Kier molecular flexibility index (Phi) is 3.93. The Morgan fingerprint density at radius 2 is 1.95 bits per heavy atom. The zero-order valence-electron chi connectivity index (χ0n) is 10.2. The van der Waals surface area contributed by atoms with Crippen molar-refractivity contribution < 1.29 is 9.53 Å². The summed E-state index contributed by atoms with van der Waals surface area (Å²) in [6.07, 6.45) is 1.84. The van der Waals surface area contributed by atoms with Crippen LogP contribution < -0.4 is 10.5 Å². The molecule has 0 atom stereocenters. The summed E-state index contributed by atoms with van der Waals surface area (Å²) >= 11 is 0. The fourth-order valence-corrected chi connectivity index (χ4v) is 1.62. The number of nitrogens with one attached hydrogen (secondary N) is 1. The van der Waals surface area contributed by atoms with Crippen molar-refractivity contribution in [1.29, 1.82) is 5.41 Å².